The molecule has 1 fully saturated rings. The standard InChI is InChI=1S/C27H40N2O8/c1-14(2)26(33)34-13-21-22(30)23(31)24(32)27(36-21)37-25-19(17(7)29(28-25)15(3)4)12-18-10-8-9-11-20(18)35-16(5)6/h8-11,14-16,21-24,27,30-32H,12-13H2,1-7H3/t21-,22-,23+,24-,27+/m1/s1. The highest BCUT2D eigenvalue weighted by Crippen LogP contribution is 2.33. The maximum Gasteiger partial charge on any atom is 0.308 e. The van der Waals surface area contributed by atoms with Crippen molar-refractivity contribution in [3.63, 3.8) is 0 Å². The van der Waals surface area contributed by atoms with Crippen molar-refractivity contribution >= 4 is 5.97 Å². The molecule has 3 N–H and O–H groups in total. The van der Waals surface area contributed by atoms with Crippen molar-refractivity contribution in [3.05, 3.63) is 41.1 Å². The zero-order chi connectivity index (χ0) is 27.4. The van der Waals surface area contributed by atoms with Crippen LogP contribution in [0.5, 0.6) is 11.6 Å². The third kappa shape index (κ3) is 6.81. The predicted molar refractivity (Wildman–Crippen MR) is 135 cm³/mol. The molecule has 2 heterocycles. The summed E-state index contributed by atoms with van der Waals surface area (Å²) in [5.41, 5.74) is 2.58. The fourth-order valence-electron chi connectivity index (χ4n) is 4.13. The minimum absolute atomic E-state index is 0.00298. The first-order valence-electron chi connectivity index (χ1n) is 12.8. The molecule has 1 aromatic carbocycles. The highest BCUT2D eigenvalue weighted by Gasteiger charge is 2.46. The summed E-state index contributed by atoms with van der Waals surface area (Å²) in [6.07, 6.45) is -6.60. The van der Waals surface area contributed by atoms with E-state index in [9.17, 15) is 20.1 Å². The van der Waals surface area contributed by atoms with Gasteiger partial charge < -0.3 is 34.3 Å². The largest absolute Gasteiger partial charge is 0.491 e. The maximum atomic E-state index is 11.9. The van der Waals surface area contributed by atoms with Crippen LogP contribution in [0.4, 0.5) is 0 Å². The van der Waals surface area contributed by atoms with E-state index in [1.165, 1.54) is 0 Å². The quantitative estimate of drug-likeness (QED) is 0.404. The van der Waals surface area contributed by atoms with Crippen molar-refractivity contribution in [1.29, 1.82) is 0 Å². The number of ether oxygens (including phenoxy) is 4. The summed E-state index contributed by atoms with van der Waals surface area (Å²) in [6, 6.07) is 7.76. The van der Waals surface area contributed by atoms with Crippen LogP contribution in [0.25, 0.3) is 0 Å². The van der Waals surface area contributed by atoms with Crippen LogP contribution in [0, 0.1) is 12.8 Å². The lowest BCUT2D eigenvalue weighted by Gasteiger charge is -2.39. The van der Waals surface area contributed by atoms with Crippen molar-refractivity contribution in [2.45, 2.75) is 97.7 Å². The lowest BCUT2D eigenvalue weighted by Crippen LogP contribution is -2.60. The van der Waals surface area contributed by atoms with E-state index in [0.717, 1.165) is 22.6 Å². The van der Waals surface area contributed by atoms with Crippen molar-refractivity contribution in [1.82, 2.24) is 9.78 Å². The molecular weight excluding hydrogens is 480 g/mol. The second-order valence-corrected chi connectivity index (χ2v) is 10.3. The SMILES string of the molecule is Cc1c(Cc2ccccc2OC(C)C)c(O[C@@H]2O[C@H](COC(=O)C(C)C)[C@@H](O)[C@H](O)[C@H]2O)nn1C(C)C. The minimum atomic E-state index is -1.57. The normalized spacial score (nSPS) is 24.1. The summed E-state index contributed by atoms with van der Waals surface area (Å²) >= 11 is 0. The number of para-hydroxylation sites is 1. The Kier molecular flexibility index (Phi) is 9.57. The van der Waals surface area contributed by atoms with Crippen molar-refractivity contribution in [2.24, 2.45) is 5.92 Å². The van der Waals surface area contributed by atoms with Gasteiger partial charge in [-0.25, -0.2) is 0 Å². The number of aliphatic hydroxyl groups is 3. The number of hydrogen-bond donors (Lipinski definition) is 3. The number of rotatable bonds is 10. The predicted octanol–water partition coefficient (Wildman–Crippen LogP) is 2.54. The maximum absolute atomic E-state index is 11.9. The lowest BCUT2D eigenvalue weighted by molar-refractivity contribution is -0.279. The third-order valence-corrected chi connectivity index (χ3v) is 6.19. The Morgan fingerprint density at radius 2 is 1.73 bits per heavy atom. The smallest absolute Gasteiger partial charge is 0.308 e. The number of benzene rings is 1. The second kappa shape index (κ2) is 12.3. The molecule has 206 valence electrons. The second-order valence-electron chi connectivity index (χ2n) is 10.3. The molecule has 1 saturated heterocycles. The Morgan fingerprint density at radius 1 is 1.05 bits per heavy atom. The molecule has 3 rings (SSSR count). The molecule has 0 spiro atoms. The molecule has 0 bridgehead atoms. The first-order valence-corrected chi connectivity index (χ1v) is 12.8. The summed E-state index contributed by atoms with van der Waals surface area (Å²) in [4.78, 5) is 11.9. The molecule has 0 radical (unpaired) electrons. The van der Waals surface area contributed by atoms with Gasteiger partial charge in [0.2, 0.25) is 12.2 Å². The van der Waals surface area contributed by atoms with Crippen LogP contribution >= 0.6 is 0 Å². The summed E-state index contributed by atoms with van der Waals surface area (Å²) in [5, 5.41) is 36.1. The Labute approximate surface area is 218 Å². The highest BCUT2D eigenvalue weighted by atomic mass is 16.7. The number of carbonyl (C=O) groups is 1. The summed E-state index contributed by atoms with van der Waals surface area (Å²) in [6.45, 7) is 12.9. The molecule has 0 aliphatic carbocycles. The Bertz CT molecular complexity index is 1050. The number of hydrogen-bond acceptors (Lipinski definition) is 9. The van der Waals surface area contributed by atoms with Gasteiger partial charge in [0.15, 0.2) is 0 Å². The van der Waals surface area contributed by atoms with E-state index in [0.29, 0.717) is 6.42 Å². The fraction of sp³-hybridized carbons (Fsp3) is 0.630. The van der Waals surface area contributed by atoms with E-state index in [1.807, 2.05) is 63.6 Å². The van der Waals surface area contributed by atoms with Crippen LogP contribution in [0.2, 0.25) is 0 Å². The first-order chi connectivity index (χ1) is 17.4. The molecule has 2 aromatic rings. The van der Waals surface area contributed by atoms with E-state index in [-0.39, 0.29) is 30.6 Å². The zero-order valence-corrected chi connectivity index (χ0v) is 22.6. The average Bonchev–Trinajstić information content (AvgIpc) is 3.14. The lowest BCUT2D eigenvalue weighted by atomic mass is 9.99. The molecule has 10 heteroatoms. The van der Waals surface area contributed by atoms with Crippen LogP contribution < -0.4 is 9.47 Å². The Hall–Kier alpha value is -2.66. The molecule has 37 heavy (non-hydrogen) atoms. The van der Waals surface area contributed by atoms with Gasteiger partial charge in [0.1, 0.15) is 36.8 Å². The summed E-state index contributed by atoms with van der Waals surface area (Å²) < 4.78 is 24.8. The van der Waals surface area contributed by atoms with E-state index in [4.69, 9.17) is 18.9 Å². The van der Waals surface area contributed by atoms with Gasteiger partial charge in [-0.05, 0) is 46.2 Å². The van der Waals surface area contributed by atoms with Gasteiger partial charge in [0.25, 0.3) is 0 Å². The number of carbonyl (C=O) groups excluding carboxylic acids is 1. The third-order valence-electron chi connectivity index (χ3n) is 6.19. The van der Waals surface area contributed by atoms with Gasteiger partial charge in [-0.15, -0.1) is 5.10 Å². The molecule has 5 atom stereocenters. The molecule has 0 unspecified atom stereocenters. The zero-order valence-electron chi connectivity index (χ0n) is 22.6. The molecule has 0 amide bonds. The van der Waals surface area contributed by atoms with Crippen molar-refractivity contribution in [3.8, 4) is 11.6 Å². The monoisotopic (exact) mass is 520 g/mol. The van der Waals surface area contributed by atoms with E-state index in [2.05, 4.69) is 5.10 Å². The molecule has 1 aliphatic heterocycles. The Morgan fingerprint density at radius 3 is 2.35 bits per heavy atom. The summed E-state index contributed by atoms with van der Waals surface area (Å²) in [5.74, 6) is 0.150. The van der Waals surface area contributed by atoms with Crippen LogP contribution in [0.1, 0.15) is 64.4 Å². The van der Waals surface area contributed by atoms with Crippen LogP contribution in [-0.2, 0) is 20.7 Å². The molecule has 0 saturated carbocycles. The van der Waals surface area contributed by atoms with Crippen LogP contribution in [-0.4, -0.2) is 74.5 Å². The van der Waals surface area contributed by atoms with Crippen LogP contribution in [0.3, 0.4) is 0 Å². The molecule has 10 nitrogen and oxygen atoms in total. The fourth-order valence-corrected chi connectivity index (χ4v) is 4.13. The van der Waals surface area contributed by atoms with Gasteiger partial charge in [-0.2, -0.15) is 0 Å². The van der Waals surface area contributed by atoms with Gasteiger partial charge in [0.05, 0.1) is 12.0 Å². The first kappa shape index (κ1) is 28.9. The number of aliphatic hydroxyl groups excluding tert-OH is 3. The van der Waals surface area contributed by atoms with E-state index < -0.39 is 36.7 Å². The van der Waals surface area contributed by atoms with Gasteiger partial charge in [0, 0.05) is 23.7 Å². The molecule has 1 aromatic heterocycles. The van der Waals surface area contributed by atoms with Gasteiger partial charge in [-0.1, -0.05) is 32.0 Å². The van der Waals surface area contributed by atoms with Crippen LogP contribution in [0.15, 0.2) is 24.3 Å². The van der Waals surface area contributed by atoms with Crippen molar-refractivity contribution < 1.29 is 39.1 Å². The van der Waals surface area contributed by atoms with Gasteiger partial charge in [-0.3, -0.25) is 9.48 Å². The number of aromatic nitrogens is 2. The van der Waals surface area contributed by atoms with E-state index in [1.54, 1.807) is 13.8 Å². The summed E-state index contributed by atoms with van der Waals surface area (Å²) in [7, 11) is 0. The minimum Gasteiger partial charge on any atom is -0.491 e. The van der Waals surface area contributed by atoms with E-state index >= 15 is 0 Å². The van der Waals surface area contributed by atoms with Crippen molar-refractivity contribution in [2.75, 3.05) is 6.61 Å². The number of nitrogens with zero attached hydrogens (tertiary/aromatic N) is 2. The topological polar surface area (TPSA) is 132 Å². The average molecular weight is 521 g/mol. The molecule has 1 aliphatic rings. The number of esters is 1. The Balaban J connectivity index is 1.89. The molecular formula is C27H40N2O8. The highest BCUT2D eigenvalue weighted by molar-refractivity contribution is 5.71. The van der Waals surface area contributed by atoms with Gasteiger partial charge >= 0.3 is 5.97 Å².